The minimum Gasteiger partial charge on any atom is -0.506 e. The molecule has 2 aromatic carbocycles. The summed E-state index contributed by atoms with van der Waals surface area (Å²) >= 11 is 5.91. The molecule has 0 spiro atoms. The molecular weight excluding hydrogens is 324 g/mol. The molecule has 126 valence electrons. The van der Waals surface area contributed by atoms with Gasteiger partial charge in [-0.25, -0.2) is 0 Å². The molecule has 1 saturated heterocycles. The van der Waals surface area contributed by atoms with E-state index in [0.717, 1.165) is 30.6 Å². The maximum Gasteiger partial charge on any atom is 0.227 e. The van der Waals surface area contributed by atoms with Gasteiger partial charge in [-0.15, -0.1) is 0 Å². The SMILES string of the molecule is O=C(Cc1ccc(O)c(Cl)c1)N1CCC[C@H](Nc2ccccc2)C1. The van der Waals surface area contributed by atoms with Gasteiger partial charge < -0.3 is 15.3 Å². The van der Waals surface area contributed by atoms with E-state index in [0.29, 0.717) is 13.0 Å². The lowest BCUT2D eigenvalue weighted by molar-refractivity contribution is -0.131. The molecule has 1 heterocycles. The van der Waals surface area contributed by atoms with Crippen LogP contribution in [0, 0.1) is 0 Å². The molecule has 1 amide bonds. The zero-order valence-corrected chi connectivity index (χ0v) is 14.2. The van der Waals surface area contributed by atoms with Gasteiger partial charge in [-0.1, -0.05) is 35.9 Å². The van der Waals surface area contributed by atoms with Crippen LogP contribution in [0.25, 0.3) is 0 Å². The van der Waals surface area contributed by atoms with Gasteiger partial charge in [0.15, 0.2) is 0 Å². The monoisotopic (exact) mass is 344 g/mol. The fraction of sp³-hybridized carbons (Fsp3) is 0.316. The standard InChI is InChI=1S/C19H21ClN2O2/c20-17-11-14(8-9-18(17)23)12-19(24)22-10-4-7-16(13-22)21-15-5-2-1-3-6-15/h1-3,5-6,8-9,11,16,21,23H,4,7,10,12-13H2/t16-/m0/s1. The van der Waals surface area contributed by atoms with Crippen molar-refractivity contribution in [2.45, 2.75) is 25.3 Å². The number of halogens is 1. The third-order valence-electron chi connectivity index (χ3n) is 4.29. The molecule has 0 aliphatic carbocycles. The summed E-state index contributed by atoms with van der Waals surface area (Å²) in [5.74, 6) is 0.134. The summed E-state index contributed by atoms with van der Waals surface area (Å²) in [6.45, 7) is 1.50. The number of phenolic OH excluding ortho intramolecular Hbond substituents is 1. The Labute approximate surface area is 147 Å². The van der Waals surface area contributed by atoms with Crippen LogP contribution in [-0.4, -0.2) is 35.0 Å². The van der Waals surface area contributed by atoms with Crippen LogP contribution in [0.2, 0.25) is 5.02 Å². The number of likely N-dealkylation sites (tertiary alicyclic amines) is 1. The molecule has 2 aromatic rings. The van der Waals surface area contributed by atoms with Gasteiger partial charge in [-0.2, -0.15) is 0 Å². The summed E-state index contributed by atoms with van der Waals surface area (Å²) in [6, 6.07) is 15.3. The number of hydrogen-bond donors (Lipinski definition) is 2. The molecule has 0 bridgehead atoms. The van der Waals surface area contributed by atoms with Crippen LogP contribution in [0.1, 0.15) is 18.4 Å². The Morgan fingerprint density at radius 2 is 2.04 bits per heavy atom. The molecule has 5 heteroatoms. The van der Waals surface area contributed by atoms with Gasteiger partial charge in [-0.05, 0) is 42.7 Å². The van der Waals surface area contributed by atoms with Gasteiger partial charge in [0.25, 0.3) is 0 Å². The number of carbonyl (C=O) groups excluding carboxylic acids is 1. The summed E-state index contributed by atoms with van der Waals surface area (Å²) in [4.78, 5) is 14.5. The summed E-state index contributed by atoms with van der Waals surface area (Å²) in [5.41, 5.74) is 1.91. The highest BCUT2D eigenvalue weighted by Gasteiger charge is 2.23. The summed E-state index contributed by atoms with van der Waals surface area (Å²) in [6.07, 6.45) is 2.36. The Hall–Kier alpha value is -2.20. The van der Waals surface area contributed by atoms with Crippen LogP contribution >= 0.6 is 11.6 Å². The highest BCUT2D eigenvalue weighted by molar-refractivity contribution is 6.32. The van der Waals surface area contributed by atoms with E-state index in [-0.39, 0.29) is 22.7 Å². The molecular formula is C19H21ClN2O2. The van der Waals surface area contributed by atoms with Crippen molar-refractivity contribution in [2.75, 3.05) is 18.4 Å². The first-order valence-electron chi connectivity index (χ1n) is 8.18. The summed E-state index contributed by atoms with van der Waals surface area (Å²) in [7, 11) is 0. The largest absolute Gasteiger partial charge is 0.506 e. The molecule has 4 nitrogen and oxygen atoms in total. The van der Waals surface area contributed by atoms with E-state index >= 15 is 0 Å². The van der Waals surface area contributed by atoms with E-state index in [1.54, 1.807) is 12.1 Å². The van der Waals surface area contributed by atoms with Gasteiger partial charge in [0.2, 0.25) is 5.91 Å². The second-order valence-electron chi connectivity index (χ2n) is 6.15. The Morgan fingerprint density at radius 1 is 1.25 bits per heavy atom. The highest BCUT2D eigenvalue weighted by atomic mass is 35.5. The number of benzene rings is 2. The van der Waals surface area contributed by atoms with E-state index in [1.165, 1.54) is 6.07 Å². The van der Waals surface area contributed by atoms with Gasteiger partial charge in [0.05, 0.1) is 11.4 Å². The first-order valence-corrected chi connectivity index (χ1v) is 8.56. The predicted molar refractivity (Wildman–Crippen MR) is 96.5 cm³/mol. The molecule has 0 unspecified atom stereocenters. The number of amides is 1. The molecule has 3 rings (SSSR count). The lowest BCUT2D eigenvalue weighted by atomic mass is 10.0. The first-order chi connectivity index (χ1) is 11.6. The molecule has 24 heavy (non-hydrogen) atoms. The Morgan fingerprint density at radius 3 is 2.79 bits per heavy atom. The normalized spacial score (nSPS) is 17.5. The number of para-hydroxylation sites is 1. The predicted octanol–water partition coefficient (Wildman–Crippen LogP) is 3.69. The first kappa shape index (κ1) is 16.7. The fourth-order valence-corrected chi connectivity index (χ4v) is 3.24. The van der Waals surface area contributed by atoms with E-state index in [2.05, 4.69) is 5.32 Å². The third-order valence-corrected chi connectivity index (χ3v) is 4.59. The van der Waals surface area contributed by atoms with Crippen molar-refractivity contribution in [1.29, 1.82) is 0 Å². The van der Waals surface area contributed by atoms with Crippen molar-refractivity contribution in [1.82, 2.24) is 4.90 Å². The van der Waals surface area contributed by atoms with Crippen molar-refractivity contribution in [2.24, 2.45) is 0 Å². The van der Waals surface area contributed by atoms with Gasteiger partial charge in [0, 0.05) is 24.8 Å². The van der Waals surface area contributed by atoms with Crippen LogP contribution in [0.15, 0.2) is 48.5 Å². The zero-order valence-electron chi connectivity index (χ0n) is 13.4. The van der Waals surface area contributed by atoms with E-state index in [4.69, 9.17) is 11.6 Å². The van der Waals surface area contributed by atoms with E-state index in [9.17, 15) is 9.90 Å². The minimum atomic E-state index is 0.0398. The molecule has 1 atom stereocenters. The Bertz CT molecular complexity index is 706. The van der Waals surface area contributed by atoms with Crippen LogP contribution < -0.4 is 5.32 Å². The number of carbonyl (C=O) groups is 1. The number of hydrogen-bond acceptors (Lipinski definition) is 3. The average Bonchev–Trinajstić information content (AvgIpc) is 2.59. The molecule has 0 aromatic heterocycles. The number of phenols is 1. The fourth-order valence-electron chi connectivity index (χ4n) is 3.04. The Balaban J connectivity index is 1.59. The second kappa shape index (κ2) is 7.58. The molecule has 0 radical (unpaired) electrons. The van der Waals surface area contributed by atoms with Crippen LogP contribution in [0.4, 0.5) is 5.69 Å². The van der Waals surface area contributed by atoms with Crippen molar-refractivity contribution < 1.29 is 9.90 Å². The van der Waals surface area contributed by atoms with E-state index < -0.39 is 0 Å². The third kappa shape index (κ3) is 4.20. The average molecular weight is 345 g/mol. The number of rotatable bonds is 4. The molecule has 1 aliphatic rings. The highest BCUT2D eigenvalue weighted by Crippen LogP contribution is 2.24. The van der Waals surface area contributed by atoms with Crippen molar-refractivity contribution in [3.63, 3.8) is 0 Å². The van der Waals surface area contributed by atoms with Crippen molar-refractivity contribution >= 4 is 23.2 Å². The van der Waals surface area contributed by atoms with E-state index in [1.807, 2.05) is 35.2 Å². The molecule has 1 aliphatic heterocycles. The van der Waals surface area contributed by atoms with Gasteiger partial charge in [0.1, 0.15) is 5.75 Å². The number of nitrogens with one attached hydrogen (secondary N) is 1. The van der Waals surface area contributed by atoms with Crippen LogP contribution in [-0.2, 0) is 11.2 Å². The summed E-state index contributed by atoms with van der Waals surface area (Å²) < 4.78 is 0. The zero-order chi connectivity index (χ0) is 16.9. The quantitative estimate of drug-likeness (QED) is 0.889. The van der Waals surface area contributed by atoms with Crippen molar-refractivity contribution in [3.8, 4) is 5.75 Å². The number of nitrogens with zero attached hydrogens (tertiary/aromatic N) is 1. The molecule has 2 N–H and O–H groups in total. The Kier molecular flexibility index (Phi) is 5.26. The lowest BCUT2D eigenvalue weighted by Crippen LogP contribution is -2.45. The van der Waals surface area contributed by atoms with Crippen LogP contribution in [0.5, 0.6) is 5.75 Å². The molecule has 0 saturated carbocycles. The maximum atomic E-state index is 12.6. The smallest absolute Gasteiger partial charge is 0.227 e. The second-order valence-corrected chi connectivity index (χ2v) is 6.56. The van der Waals surface area contributed by atoms with Crippen molar-refractivity contribution in [3.05, 3.63) is 59.1 Å². The summed E-state index contributed by atoms with van der Waals surface area (Å²) in [5, 5.41) is 13.2. The maximum absolute atomic E-state index is 12.6. The number of anilines is 1. The molecule has 1 fully saturated rings. The van der Waals surface area contributed by atoms with Gasteiger partial charge in [-0.3, -0.25) is 4.79 Å². The topological polar surface area (TPSA) is 52.6 Å². The van der Waals surface area contributed by atoms with Crippen LogP contribution in [0.3, 0.4) is 0 Å². The minimum absolute atomic E-state index is 0.0398. The number of piperidine rings is 1. The van der Waals surface area contributed by atoms with Gasteiger partial charge >= 0.3 is 0 Å². The number of aromatic hydroxyl groups is 1. The lowest BCUT2D eigenvalue weighted by Gasteiger charge is -2.34.